The molecule has 0 aliphatic carbocycles. The first kappa shape index (κ1) is 11.4. The Balaban J connectivity index is 2.75. The molecular formula is C8H14N4O3. The fourth-order valence-corrected chi connectivity index (χ4v) is 0.846. The first-order valence-corrected chi connectivity index (χ1v) is 4.48. The van der Waals surface area contributed by atoms with Gasteiger partial charge in [-0.3, -0.25) is 9.78 Å². The summed E-state index contributed by atoms with van der Waals surface area (Å²) in [5.74, 6) is 0.0381. The molecule has 0 unspecified atom stereocenters. The van der Waals surface area contributed by atoms with Gasteiger partial charge in [0.1, 0.15) is 0 Å². The fourth-order valence-electron chi connectivity index (χ4n) is 0.846. The molecule has 0 aromatic carbocycles. The van der Waals surface area contributed by atoms with Crippen molar-refractivity contribution in [1.29, 1.82) is 0 Å². The molecule has 1 aromatic rings. The van der Waals surface area contributed by atoms with Gasteiger partial charge in [-0.1, -0.05) is 13.8 Å². The zero-order chi connectivity index (χ0) is 11.5. The van der Waals surface area contributed by atoms with Gasteiger partial charge in [-0.2, -0.15) is 0 Å². The molecule has 0 radical (unpaired) electrons. The predicted octanol–water partition coefficient (Wildman–Crippen LogP) is -1.11. The summed E-state index contributed by atoms with van der Waals surface area (Å²) in [6, 6.07) is 0. The van der Waals surface area contributed by atoms with Crippen LogP contribution in [-0.4, -0.2) is 33.4 Å². The van der Waals surface area contributed by atoms with E-state index in [-0.39, 0.29) is 17.8 Å². The van der Waals surface area contributed by atoms with Crippen molar-refractivity contribution in [2.45, 2.75) is 13.8 Å². The number of hydrogen-bond donors (Lipinski definition) is 4. The molecule has 84 valence electrons. The van der Waals surface area contributed by atoms with Gasteiger partial charge in [-0.25, -0.2) is 9.89 Å². The third-order valence-corrected chi connectivity index (χ3v) is 1.87. The summed E-state index contributed by atoms with van der Waals surface area (Å²) >= 11 is 0. The van der Waals surface area contributed by atoms with Crippen LogP contribution in [0.1, 0.15) is 13.8 Å². The van der Waals surface area contributed by atoms with Gasteiger partial charge in [-0.05, 0) is 0 Å². The molecule has 1 heterocycles. The molecule has 0 saturated heterocycles. The minimum absolute atomic E-state index is 0.0126. The van der Waals surface area contributed by atoms with E-state index in [1.54, 1.807) is 0 Å². The van der Waals surface area contributed by atoms with Crippen LogP contribution in [0.4, 0.5) is 5.82 Å². The lowest BCUT2D eigenvalue weighted by Crippen LogP contribution is -2.32. The van der Waals surface area contributed by atoms with Crippen LogP contribution >= 0.6 is 0 Å². The normalized spacial score (nSPS) is 11.4. The molecule has 1 rings (SSSR count). The van der Waals surface area contributed by atoms with Gasteiger partial charge in [0.2, 0.25) is 5.82 Å². The van der Waals surface area contributed by atoms with Crippen LogP contribution < -0.4 is 16.6 Å². The molecule has 0 atom stereocenters. The summed E-state index contributed by atoms with van der Waals surface area (Å²) in [5, 5.41) is 17.4. The van der Waals surface area contributed by atoms with E-state index in [2.05, 4.69) is 15.5 Å². The van der Waals surface area contributed by atoms with E-state index in [0.29, 0.717) is 6.54 Å². The summed E-state index contributed by atoms with van der Waals surface area (Å²) < 4.78 is 0. The molecule has 4 N–H and O–H groups in total. The van der Waals surface area contributed by atoms with Crippen LogP contribution in [0.3, 0.4) is 0 Å². The minimum atomic E-state index is -0.646. The highest BCUT2D eigenvalue weighted by Crippen LogP contribution is 2.12. The van der Waals surface area contributed by atoms with Crippen LogP contribution in [0.15, 0.2) is 9.59 Å². The molecule has 0 aliphatic rings. The van der Waals surface area contributed by atoms with Crippen molar-refractivity contribution in [3.63, 3.8) is 0 Å². The van der Waals surface area contributed by atoms with E-state index < -0.39 is 11.2 Å². The second-order valence-electron chi connectivity index (χ2n) is 4.03. The maximum absolute atomic E-state index is 11.2. The van der Waals surface area contributed by atoms with Gasteiger partial charge in [0.05, 0.1) is 0 Å². The second-order valence-corrected chi connectivity index (χ2v) is 4.03. The van der Waals surface area contributed by atoms with Crippen molar-refractivity contribution in [2.75, 3.05) is 18.5 Å². The number of anilines is 1. The quantitative estimate of drug-likeness (QED) is 0.508. The molecule has 1 aromatic heterocycles. The van der Waals surface area contributed by atoms with Crippen LogP contribution in [-0.2, 0) is 0 Å². The van der Waals surface area contributed by atoms with E-state index in [9.17, 15) is 9.59 Å². The Bertz CT molecular complexity index is 434. The number of nitrogens with zero attached hydrogens (tertiary/aromatic N) is 1. The Morgan fingerprint density at radius 3 is 2.67 bits per heavy atom. The van der Waals surface area contributed by atoms with Crippen LogP contribution in [0.2, 0.25) is 0 Å². The Hall–Kier alpha value is -1.63. The van der Waals surface area contributed by atoms with Crippen LogP contribution in [0.25, 0.3) is 0 Å². The van der Waals surface area contributed by atoms with Gasteiger partial charge in [-0.15, -0.1) is 5.10 Å². The molecular weight excluding hydrogens is 200 g/mol. The largest absolute Gasteiger partial charge is 0.396 e. The Morgan fingerprint density at radius 1 is 1.47 bits per heavy atom. The molecule has 0 fully saturated rings. The van der Waals surface area contributed by atoms with Gasteiger partial charge < -0.3 is 10.4 Å². The van der Waals surface area contributed by atoms with Crippen molar-refractivity contribution in [3.05, 3.63) is 20.8 Å². The Kier molecular flexibility index (Phi) is 3.25. The fraction of sp³-hybridized carbons (Fsp3) is 0.625. The zero-order valence-electron chi connectivity index (χ0n) is 8.63. The Labute approximate surface area is 85.6 Å². The molecule has 0 amide bonds. The average molecular weight is 214 g/mol. The topological polar surface area (TPSA) is 111 Å². The van der Waals surface area contributed by atoms with E-state index in [1.165, 1.54) is 0 Å². The average Bonchev–Trinajstić information content (AvgIpc) is 2.16. The number of H-pyrrole nitrogens is 2. The monoisotopic (exact) mass is 214 g/mol. The summed E-state index contributed by atoms with van der Waals surface area (Å²) in [6.45, 7) is 4.03. The molecule has 0 bridgehead atoms. The number of aliphatic hydroxyl groups is 1. The van der Waals surface area contributed by atoms with Gasteiger partial charge >= 0.3 is 5.69 Å². The van der Waals surface area contributed by atoms with E-state index >= 15 is 0 Å². The molecule has 7 nitrogen and oxygen atoms in total. The standard InChI is InChI=1S/C8H14N4O3/c1-8(2,4-13)3-9-5-6(14)10-7(15)12-11-5/h13H,3-4H2,1-2H3,(H,9,11)(H2,10,12,14,15). The van der Waals surface area contributed by atoms with Crippen LogP contribution in [0.5, 0.6) is 0 Å². The lowest BCUT2D eigenvalue weighted by molar-refractivity contribution is 0.170. The highest BCUT2D eigenvalue weighted by Gasteiger charge is 2.16. The number of rotatable bonds is 4. The molecule has 0 saturated carbocycles. The van der Waals surface area contributed by atoms with E-state index in [1.807, 2.05) is 18.8 Å². The minimum Gasteiger partial charge on any atom is -0.396 e. The van der Waals surface area contributed by atoms with Gasteiger partial charge in [0.25, 0.3) is 5.56 Å². The number of aromatic amines is 2. The highest BCUT2D eigenvalue weighted by atomic mass is 16.3. The zero-order valence-corrected chi connectivity index (χ0v) is 8.63. The first-order valence-electron chi connectivity index (χ1n) is 4.48. The van der Waals surface area contributed by atoms with E-state index in [4.69, 9.17) is 5.11 Å². The summed E-state index contributed by atoms with van der Waals surface area (Å²) in [4.78, 5) is 23.9. The first-order chi connectivity index (χ1) is 6.94. The summed E-state index contributed by atoms with van der Waals surface area (Å²) in [5.41, 5.74) is -1.58. The van der Waals surface area contributed by atoms with Gasteiger partial charge in [0, 0.05) is 18.6 Å². The lowest BCUT2D eigenvalue weighted by atomic mass is 9.95. The predicted molar refractivity (Wildman–Crippen MR) is 54.8 cm³/mol. The summed E-state index contributed by atoms with van der Waals surface area (Å²) in [6.07, 6.45) is 0. The third kappa shape index (κ3) is 3.21. The Morgan fingerprint density at radius 2 is 2.13 bits per heavy atom. The molecule has 0 aliphatic heterocycles. The summed E-state index contributed by atoms with van der Waals surface area (Å²) in [7, 11) is 0. The van der Waals surface area contributed by atoms with E-state index in [0.717, 1.165) is 0 Å². The molecule has 0 spiro atoms. The van der Waals surface area contributed by atoms with Crippen LogP contribution in [0, 0.1) is 5.41 Å². The number of hydrogen-bond acceptors (Lipinski definition) is 5. The highest BCUT2D eigenvalue weighted by molar-refractivity contribution is 5.28. The SMILES string of the molecule is CC(C)(CO)CNc1n[nH]c(=O)[nH]c1=O. The molecule has 15 heavy (non-hydrogen) atoms. The van der Waals surface area contributed by atoms with Gasteiger partial charge in [0.15, 0.2) is 0 Å². The van der Waals surface area contributed by atoms with Crippen molar-refractivity contribution in [3.8, 4) is 0 Å². The smallest absolute Gasteiger partial charge is 0.342 e. The number of nitrogens with one attached hydrogen (secondary N) is 3. The number of aromatic nitrogens is 3. The number of aliphatic hydroxyl groups excluding tert-OH is 1. The molecule has 7 heteroatoms. The van der Waals surface area contributed by atoms with Crippen molar-refractivity contribution in [2.24, 2.45) is 5.41 Å². The van der Waals surface area contributed by atoms with Crippen molar-refractivity contribution in [1.82, 2.24) is 15.2 Å². The lowest BCUT2D eigenvalue weighted by Gasteiger charge is -2.21. The van der Waals surface area contributed by atoms with Crippen molar-refractivity contribution < 1.29 is 5.11 Å². The second kappa shape index (κ2) is 4.26. The maximum atomic E-state index is 11.2. The third-order valence-electron chi connectivity index (χ3n) is 1.87. The maximum Gasteiger partial charge on any atom is 0.342 e. The van der Waals surface area contributed by atoms with Crippen molar-refractivity contribution >= 4 is 5.82 Å².